The molecule has 1 unspecified atom stereocenters. The summed E-state index contributed by atoms with van der Waals surface area (Å²) in [7, 11) is 1.91. The maximum absolute atomic E-state index is 4.77. The number of aryl methyl sites for hydroxylation is 1. The summed E-state index contributed by atoms with van der Waals surface area (Å²) in [5.41, 5.74) is 0.411. The molecule has 1 aromatic heterocycles. The minimum Gasteiger partial charge on any atom is -0.357 e. The maximum Gasteiger partial charge on any atom is 0.194 e. The zero-order chi connectivity index (χ0) is 16.0. The van der Waals surface area contributed by atoms with Gasteiger partial charge in [-0.2, -0.15) is 5.10 Å². The molecular weight excluding hydrogens is 276 g/mol. The number of aromatic nitrogens is 3. The topological polar surface area (TPSA) is 58.3 Å². The summed E-state index contributed by atoms with van der Waals surface area (Å²) >= 11 is 0. The van der Waals surface area contributed by atoms with Gasteiger partial charge in [-0.15, -0.1) is 0 Å². The smallest absolute Gasteiger partial charge is 0.194 e. The predicted octanol–water partition coefficient (Wildman–Crippen LogP) is 2.18. The van der Waals surface area contributed by atoms with Gasteiger partial charge in [0, 0.05) is 26.7 Å². The number of likely N-dealkylation sites (tertiary alicyclic amines) is 1. The Labute approximate surface area is 134 Å². The normalized spacial score (nSPS) is 22.9. The van der Waals surface area contributed by atoms with Gasteiger partial charge in [0.1, 0.15) is 18.7 Å². The van der Waals surface area contributed by atoms with Crippen molar-refractivity contribution in [2.75, 3.05) is 19.6 Å². The van der Waals surface area contributed by atoms with Crippen LogP contribution in [-0.4, -0.2) is 45.3 Å². The lowest BCUT2D eigenvalue weighted by atomic mass is 9.78. The third-order valence-electron chi connectivity index (χ3n) is 4.44. The number of nitrogens with zero attached hydrogens (tertiary/aromatic N) is 5. The van der Waals surface area contributed by atoms with E-state index in [4.69, 9.17) is 4.99 Å². The summed E-state index contributed by atoms with van der Waals surface area (Å²) in [5, 5.41) is 7.54. The summed E-state index contributed by atoms with van der Waals surface area (Å²) < 4.78 is 1.78. The van der Waals surface area contributed by atoms with Gasteiger partial charge in [-0.25, -0.2) is 9.98 Å². The van der Waals surface area contributed by atoms with Crippen LogP contribution in [0.4, 0.5) is 0 Å². The van der Waals surface area contributed by atoms with E-state index in [0.717, 1.165) is 31.4 Å². The van der Waals surface area contributed by atoms with Crippen molar-refractivity contribution in [1.29, 1.82) is 0 Å². The van der Waals surface area contributed by atoms with Gasteiger partial charge in [0.05, 0.1) is 0 Å². The van der Waals surface area contributed by atoms with Crippen molar-refractivity contribution in [3.05, 3.63) is 12.2 Å². The van der Waals surface area contributed by atoms with Gasteiger partial charge in [0.25, 0.3) is 0 Å². The Morgan fingerprint density at radius 1 is 1.45 bits per heavy atom. The lowest BCUT2D eigenvalue weighted by molar-refractivity contribution is 0.142. The second-order valence-corrected chi connectivity index (χ2v) is 6.56. The predicted molar refractivity (Wildman–Crippen MR) is 89.6 cm³/mol. The van der Waals surface area contributed by atoms with Crippen LogP contribution in [0.25, 0.3) is 0 Å². The van der Waals surface area contributed by atoms with Crippen molar-refractivity contribution in [3.63, 3.8) is 0 Å². The first-order valence-corrected chi connectivity index (χ1v) is 8.44. The minimum atomic E-state index is 0.411. The molecule has 0 aliphatic carbocycles. The SMILES string of the molecule is CCCC1(C)CCCN(C(=NCc2ncnn2C)NCC)C1. The third-order valence-corrected chi connectivity index (χ3v) is 4.44. The molecule has 0 amide bonds. The molecular formula is C16H30N6. The molecule has 0 radical (unpaired) electrons. The molecule has 0 spiro atoms. The van der Waals surface area contributed by atoms with E-state index in [0.29, 0.717) is 12.0 Å². The lowest BCUT2D eigenvalue weighted by Gasteiger charge is -2.42. The quantitative estimate of drug-likeness (QED) is 0.669. The molecule has 0 aromatic carbocycles. The fraction of sp³-hybridized carbons (Fsp3) is 0.812. The Kier molecular flexibility index (Phi) is 5.80. The number of hydrogen-bond acceptors (Lipinski definition) is 3. The number of rotatable bonds is 5. The Balaban J connectivity index is 2.08. The molecule has 0 bridgehead atoms. The summed E-state index contributed by atoms with van der Waals surface area (Å²) in [6.45, 7) is 10.4. The average molecular weight is 306 g/mol. The van der Waals surface area contributed by atoms with E-state index in [-0.39, 0.29) is 0 Å². The minimum absolute atomic E-state index is 0.411. The molecule has 1 aromatic rings. The number of guanidine groups is 1. The zero-order valence-corrected chi connectivity index (χ0v) is 14.5. The monoisotopic (exact) mass is 306 g/mol. The molecule has 1 aliphatic rings. The largest absolute Gasteiger partial charge is 0.357 e. The van der Waals surface area contributed by atoms with E-state index in [1.54, 1.807) is 11.0 Å². The zero-order valence-electron chi connectivity index (χ0n) is 14.5. The summed E-state index contributed by atoms with van der Waals surface area (Å²) in [5.74, 6) is 1.90. The highest BCUT2D eigenvalue weighted by Crippen LogP contribution is 2.33. The highest BCUT2D eigenvalue weighted by atomic mass is 15.3. The van der Waals surface area contributed by atoms with Crippen molar-refractivity contribution >= 4 is 5.96 Å². The van der Waals surface area contributed by atoms with Crippen molar-refractivity contribution in [2.24, 2.45) is 17.5 Å². The molecule has 6 nitrogen and oxygen atoms in total. The first kappa shape index (κ1) is 16.8. The van der Waals surface area contributed by atoms with Gasteiger partial charge < -0.3 is 10.2 Å². The Hall–Kier alpha value is -1.59. The highest BCUT2D eigenvalue weighted by Gasteiger charge is 2.31. The summed E-state index contributed by atoms with van der Waals surface area (Å²) in [6, 6.07) is 0. The van der Waals surface area contributed by atoms with E-state index < -0.39 is 0 Å². The fourth-order valence-corrected chi connectivity index (χ4v) is 3.34. The van der Waals surface area contributed by atoms with Crippen molar-refractivity contribution in [2.45, 2.75) is 53.0 Å². The van der Waals surface area contributed by atoms with Crippen LogP contribution in [-0.2, 0) is 13.6 Å². The number of nitrogens with one attached hydrogen (secondary N) is 1. The van der Waals surface area contributed by atoms with E-state index in [2.05, 4.69) is 41.1 Å². The Morgan fingerprint density at radius 3 is 2.91 bits per heavy atom. The molecule has 1 atom stereocenters. The van der Waals surface area contributed by atoms with Crippen LogP contribution in [0.3, 0.4) is 0 Å². The van der Waals surface area contributed by atoms with E-state index in [9.17, 15) is 0 Å². The molecule has 1 N–H and O–H groups in total. The average Bonchev–Trinajstić information content (AvgIpc) is 2.89. The van der Waals surface area contributed by atoms with Crippen molar-refractivity contribution in [3.8, 4) is 0 Å². The van der Waals surface area contributed by atoms with E-state index in [1.165, 1.54) is 25.7 Å². The van der Waals surface area contributed by atoms with Crippen LogP contribution < -0.4 is 5.32 Å². The van der Waals surface area contributed by atoms with Crippen LogP contribution in [0.2, 0.25) is 0 Å². The highest BCUT2D eigenvalue weighted by molar-refractivity contribution is 5.80. The standard InChI is InChI=1S/C16H30N6/c1-5-8-16(3)9-7-10-22(12-16)15(17-6-2)18-11-14-19-13-20-21(14)4/h13H,5-12H2,1-4H3,(H,17,18). The molecule has 1 fully saturated rings. The Morgan fingerprint density at radius 2 is 2.27 bits per heavy atom. The number of aliphatic imine (C=N–C) groups is 1. The lowest BCUT2D eigenvalue weighted by Crippen LogP contribution is -2.49. The molecule has 1 aliphatic heterocycles. The molecule has 2 rings (SSSR count). The second-order valence-electron chi connectivity index (χ2n) is 6.56. The van der Waals surface area contributed by atoms with E-state index in [1.807, 2.05) is 7.05 Å². The van der Waals surface area contributed by atoms with E-state index >= 15 is 0 Å². The van der Waals surface area contributed by atoms with Crippen molar-refractivity contribution < 1.29 is 0 Å². The molecule has 6 heteroatoms. The molecule has 1 saturated heterocycles. The van der Waals surface area contributed by atoms with Crippen LogP contribution >= 0.6 is 0 Å². The van der Waals surface area contributed by atoms with Gasteiger partial charge in [-0.05, 0) is 31.6 Å². The summed E-state index contributed by atoms with van der Waals surface area (Å²) in [4.78, 5) is 11.4. The molecule has 22 heavy (non-hydrogen) atoms. The number of hydrogen-bond donors (Lipinski definition) is 1. The molecule has 2 heterocycles. The summed E-state index contributed by atoms with van der Waals surface area (Å²) in [6.07, 6.45) is 6.67. The maximum atomic E-state index is 4.77. The second kappa shape index (κ2) is 7.61. The van der Waals surface area contributed by atoms with Crippen LogP contribution in [0.15, 0.2) is 11.3 Å². The van der Waals surface area contributed by atoms with Gasteiger partial charge in [-0.3, -0.25) is 4.68 Å². The first-order chi connectivity index (χ1) is 10.6. The van der Waals surface area contributed by atoms with Gasteiger partial charge in [-0.1, -0.05) is 20.3 Å². The molecule has 0 saturated carbocycles. The third kappa shape index (κ3) is 4.21. The van der Waals surface area contributed by atoms with Crippen molar-refractivity contribution in [1.82, 2.24) is 25.0 Å². The van der Waals surface area contributed by atoms with Gasteiger partial charge in [0.15, 0.2) is 5.96 Å². The molecule has 124 valence electrons. The van der Waals surface area contributed by atoms with Gasteiger partial charge >= 0.3 is 0 Å². The van der Waals surface area contributed by atoms with Crippen LogP contribution in [0, 0.1) is 5.41 Å². The van der Waals surface area contributed by atoms with Crippen LogP contribution in [0.1, 0.15) is 52.3 Å². The Bertz CT molecular complexity index is 491. The fourth-order valence-electron chi connectivity index (χ4n) is 3.34. The number of piperidine rings is 1. The van der Waals surface area contributed by atoms with Crippen LogP contribution in [0.5, 0.6) is 0 Å². The van der Waals surface area contributed by atoms with Gasteiger partial charge in [0.2, 0.25) is 0 Å². The first-order valence-electron chi connectivity index (χ1n) is 8.44.